The minimum absolute atomic E-state index is 0.0734. The number of β-amino-alcohol motifs (C(OH)–C–C–N with tert-alkyl or cyclic N) is 1. The van der Waals surface area contributed by atoms with Crippen molar-refractivity contribution in [2.24, 2.45) is 0 Å². The average Bonchev–Trinajstić information content (AvgIpc) is 2.79. The molecule has 2 atom stereocenters. The molecule has 1 aromatic carbocycles. The maximum absolute atomic E-state index is 12.0. The SMILES string of the molecule is CCSc1ccccc1NC(=O)C1CC(O)CN1. The van der Waals surface area contributed by atoms with Crippen LogP contribution in [0.25, 0.3) is 0 Å². The monoisotopic (exact) mass is 266 g/mol. The molecule has 0 spiro atoms. The van der Waals surface area contributed by atoms with Gasteiger partial charge in [0.25, 0.3) is 0 Å². The fourth-order valence-electron chi connectivity index (χ4n) is 1.99. The standard InChI is InChI=1S/C13H18N2O2S/c1-2-18-12-6-4-3-5-10(12)15-13(17)11-7-9(16)8-14-11/h3-6,9,11,14,16H,2,7-8H2,1H3,(H,15,17). The van der Waals surface area contributed by atoms with Crippen LogP contribution in [0.2, 0.25) is 0 Å². The van der Waals surface area contributed by atoms with E-state index in [0.29, 0.717) is 13.0 Å². The molecule has 0 bridgehead atoms. The highest BCUT2D eigenvalue weighted by molar-refractivity contribution is 7.99. The maximum Gasteiger partial charge on any atom is 0.241 e. The largest absolute Gasteiger partial charge is 0.392 e. The van der Waals surface area contributed by atoms with Gasteiger partial charge in [0.15, 0.2) is 0 Å². The number of carbonyl (C=O) groups is 1. The third-order valence-corrected chi connectivity index (χ3v) is 3.82. The normalized spacial score (nSPS) is 23.0. The van der Waals surface area contributed by atoms with Crippen LogP contribution in [0.1, 0.15) is 13.3 Å². The molecular formula is C13H18N2O2S. The molecule has 4 nitrogen and oxygen atoms in total. The molecule has 1 aromatic rings. The van der Waals surface area contributed by atoms with Crippen LogP contribution in [0.3, 0.4) is 0 Å². The Kier molecular flexibility index (Phi) is 4.63. The second kappa shape index (κ2) is 6.22. The third kappa shape index (κ3) is 3.25. The molecular weight excluding hydrogens is 248 g/mol. The summed E-state index contributed by atoms with van der Waals surface area (Å²) in [5.74, 6) is 0.892. The number of benzene rings is 1. The van der Waals surface area contributed by atoms with Gasteiger partial charge in [0.2, 0.25) is 5.91 Å². The van der Waals surface area contributed by atoms with Crippen LogP contribution in [0, 0.1) is 0 Å². The van der Waals surface area contributed by atoms with Gasteiger partial charge in [-0.25, -0.2) is 0 Å². The van der Waals surface area contributed by atoms with E-state index in [4.69, 9.17) is 0 Å². The van der Waals surface area contributed by atoms with E-state index < -0.39 is 6.10 Å². The van der Waals surface area contributed by atoms with Crippen LogP contribution >= 0.6 is 11.8 Å². The van der Waals surface area contributed by atoms with E-state index >= 15 is 0 Å². The van der Waals surface area contributed by atoms with E-state index in [1.54, 1.807) is 11.8 Å². The van der Waals surface area contributed by atoms with Crippen molar-refractivity contribution in [1.82, 2.24) is 5.32 Å². The van der Waals surface area contributed by atoms with Gasteiger partial charge in [0, 0.05) is 11.4 Å². The number of nitrogens with one attached hydrogen (secondary N) is 2. The average molecular weight is 266 g/mol. The van der Waals surface area contributed by atoms with Crippen LogP contribution in [0.5, 0.6) is 0 Å². The molecule has 0 aliphatic carbocycles. The first kappa shape index (κ1) is 13.4. The zero-order chi connectivity index (χ0) is 13.0. The van der Waals surface area contributed by atoms with E-state index in [-0.39, 0.29) is 11.9 Å². The first-order chi connectivity index (χ1) is 8.70. The van der Waals surface area contributed by atoms with E-state index in [1.165, 1.54) is 0 Å². The van der Waals surface area contributed by atoms with Crippen molar-refractivity contribution in [2.45, 2.75) is 30.4 Å². The van der Waals surface area contributed by atoms with Crippen molar-refractivity contribution < 1.29 is 9.90 Å². The summed E-state index contributed by atoms with van der Waals surface area (Å²) < 4.78 is 0. The molecule has 0 aromatic heterocycles. The third-order valence-electron chi connectivity index (χ3n) is 2.87. The summed E-state index contributed by atoms with van der Waals surface area (Å²) in [6.07, 6.45) is 0.0653. The zero-order valence-corrected chi connectivity index (χ0v) is 11.2. The van der Waals surface area contributed by atoms with E-state index in [9.17, 15) is 9.90 Å². The Morgan fingerprint density at radius 2 is 2.33 bits per heavy atom. The molecule has 1 saturated heterocycles. The lowest BCUT2D eigenvalue weighted by atomic mass is 10.2. The Hall–Kier alpha value is -1.04. The number of hydrogen-bond acceptors (Lipinski definition) is 4. The molecule has 5 heteroatoms. The number of hydrogen-bond donors (Lipinski definition) is 3. The Morgan fingerprint density at radius 3 is 3.00 bits per heavy atom. The molecule has 0 saturated carbocycles. The first-order valence-electron chi connectivity index (χ1n) is 6.15. The highest BCUT2D eigenvalue weighted by Crippen LogP contribution is 2.26. The number of aliphatic hydroxyl groups excluding tert-OH is 1. The molecule has 98 valence electrons. The predicted octanol–water partition coefficient (Wildman–Crippen LogP) is 1.46. The maximum atomic E-state index is 12.0. The summed E-state index contributed by atoms with van der Waals surface area (Å²) in [6.45, 7) is 2.57. The quantitative estimate of drug-likeness (QED) is 0.722. The van der Waals surface area contributed by atoms with Crippen LogP contribution in [-0.2, 0) is 4.79 Å². The topological polar surface area (TPSA) is 61.4 Å². The van der Waals surface area contributed by atoms with Gasteiger partial charge >= 0.3 is 0 Å². The summed E-state index contributed by atoms with van der Waals surface area (Å²) in [5.41, 5.74) is 0.845. The fourth-order valence-corrected chi connectivity index (χ4v) is 2.75. The molecule has 1 amide bonds. The number of rotatable bonds is 4. The predicted molar refractivity (Wildman–Crippen MR) is 73.9 cm³/mol. The lowest BCUT2D eigenvalue weighted by Crippen LogP contribution is -2.35. The van der Waals surface area contributed by atoms with Crippen molar-refractivity contribution in [3.63, 3.8) is 0 Å². The number of anilines is 1. The molecule has 0 radical (unpaired) electrons. The summed E-state index contributed by atoms with van der Waals surface area (Å²) >= 11 is 1.70. The summed E-state index contributed by atoms with van der Waals surface area (Å²) in [5, 5.41) is 15.3. The lowest BCUT2D eigenvalue weighted by Gasteiger charge is -2.13. The van der Waals surface area contributed by atoms with Crippen molar-refractivity contribution in [2.75, 3.05) is 17.6 Å². The minimum atomic E-state index is -0.416. The number of thioether (sulfide) groups is 1. The highest BCUT2D eigenvalue weighted by atomic mass is 32.2. The van der Waals surface area contributed by atoms with Crippen molar-refractivity contribution in [3.8, 4) is 0 Å². The fraction of sp³-hybridized carbons (Fsp3) is 0.462. The molecule has 18 heavy (non-hydrogen) atoms. The Bertz CT molecular complexity index is 425. The van der Waals surface area contributed by atoms with Crippen LogP contribution < -0.4 is 10.6 Å². The summed E-state index contributed by atoms with van der Waals surface area (Å²) in [6, 6.07) is 7.49. The number of amides is 1. The Morgan fingerprint density at radius 1 is 1.56 bits per heavy atom. The van der Waals surface area contributed by atoms with E-state index in [2.05, 4.69) is 17.6 Å². The molecule has 1 aliphatic rings. The van der Waals surface area contributed by atoms with Gasteiger partial charge in [-0.2, -0.15) is 0 Å². The minimum Gasteiger partial charge on any atom is -0.392 e. The number of carbonyl (C=O) groups excluding carboxylic acids is 1. The second-order valence-corrected chi connectivity index (χ2v) is 5.57. The molecule has 2 rings (SSSR count). The molecule has 1 heterocycles. The highest BCUT2D eigenvalue weighted by Gasteiger charge is 2.28. The van der Waals surface area contributed by atoms with Crippen LogP contribution in [0.15, 0.2) is 29.2 Å². The summed E-state index contributed by atoms with van der Waals surface area (Å²) in [4.78, 5) is 13.1. The smallest absolute Gasteiger partial charge is 0.241 e. The van der Waals surface area contributed by atoms with E-state index in [1.807, 2.05) is 24.3 Å². The number of aliphatic hydroxyl groups is 1. The van der Waals surface area contributed by atoms with Crippen LogP contribution in [-0.4, -0.2) is 35.5 Å². The molecule has 1 fully saturated rings. The molecule has 2 unspecified atom stereocenters. The molecule has 1 aliphatic heterocycles. The van der Waals surface area contributed by atoms with Gasteiger partial charge in [0.1, 0.15) is 0 Å². The van der Waals surface area contributed by atoms with Gasteiger partial charge in [-0.15, -0.1) is 11.8 Å². The van der Waals surface area contributed by atoms with Crippen LogP contribution in [0.4, 0.5) is 5.69 Å². The Labute approximate surface area is 111 Å². The Balaban J connectivity index is 2.02. The van der Waals surface area contributed by atoms with Gasteiger partial charge in [-0.05, 0) is 24.3 Å². The second-order valence-electron chi connectivity index (χ2n) is 4.27. The van der Waals surface area contributed by atoms with Crippen molar-refractivity contribution in [1.29, 1.82) is 0 Å². The number of para-hydroxylation sites is 1. The van der Waals surface area contributed by atoms with Gasteiger partial charge in [-0.1, -0.05) is 19.1 Å². The van der Waals surface area contributed by atoms with Gasteiger partial charge < -0.3 is 15.7 Å². The van der Waals surface area contributed by atoms with Crippen molar-refractivity contribution >= 4 is 23.4 Å². The zero-order valence-electron chi connectivity index (χ0n) is 10.3. The molecule has 3 N–H and O–H groups in total. The van der Waals surface area contributed by atoms with E-state index in [0.717, 1.165) is 16.3 Å². The first-order valence-corrected chi connectivity index (χ1v) is 7.13. The van der Waals surface area contributed by atoms with Crippen molar-refractivity contribution in [3.05, 3.63) is 24.3 Å². The van der Waals surface area contributed by atoms with Gasteiger partial charge in [-0.3, -0.25) is 4.79 Å². The van der Waals surface area contributed by atoms with Gasteiger partial charge in [0.05, 0.1) is 17.8 Å². The lowest BCUT2D eigenvalue weighted by molar-refractivity contribution is -0.117. The summed E-state index contributed by atoms with van der Waals surface area (Å²) in [7, 11) is 0.